The average molecular weight is 693 g/mol. The number of hydrogen-bond acceptors (Lipinski definition) is 15. The van der Waals surface area contributed by atoms with E-state index in [0.29, 0.717) is 0 Å². The van der Waals surface area contributed by atoms with Gasteiger partial charge in [0.1, 0.15) is 0 Å². The van der Waals surface area contributed by atoms with Crippen molar-refractivity contribution >= 4 is 30.8 Å². The topological polar surface area (TPSA) is 389 Å². The number of quaternary nitrogens is 2. The minimum Gasteiger partial charge on any atom is -0.652 e. The number of carbonyl (C=O) groups is 5. The molecule has 0 saturated heterocycles. The molecule has 136 valence electrons. The van der Waals surface area contributed by atoms with Crippen molar-refractivity contribution in [1.29, 1.82) is 0 Å². The maximum Gasteiger partial charge on any atom is 4.00 e. The first-order chi connectivity index (χ1) is 8.66. The standard InChI is InChI=1S/5CH2O3.2Hf.2H3N/c5*2-1(3)4;;;;/h5*(H2,2,3,4);;;2*1H3/q;;;;;2*+4;;/p-8. The van der Waals surface area contributed by atoms with Gasteiger partial charge in [0.05, 0.1) is 0 Å². The van der Waals surface area contributed by atoms with Crippen LogP contribution in [-0.4, -0.2) is 30.8 Å². The molecule has 0 aromatic carbocycles. The maximum atomic E-state index is 8.33. The molecule has 19 heteroatoms. The summed E-state index contributed by atoms with van der Waals surface area (Å²) in [7, 11) is 0. The van der Waals surface area contributed by atoms with Gasteiger partial charge in [0.2, 0.25) is 0 Å². The van der Waals surface area contributed by atoms with Gasteiger partial charge in [-0.3, -0.25) is 0 Å². The number of carboxylic acid groups (broad SMARTS) is 10. The van der Waals surface area contributed by atoms with Crippen LogP contribution in [0, 0.1) is 0 Å². The molecule has 17 nitrogen and oxygen atoms in total. The van der Waals surface area contributed by atoms with Crippen LogP contribution in [0.3, 0.4) is 0 Å². The van der Waals surface area contributed by atoms with E-state index >= 15 is 0 Å². The Morgan fingerprint density at radius 1 is 0.333 bits per heavy atom. The molecule has 8 N–H and O–H groups in total. The van der Waals surface area contributed by atoms with Crippen molar-refractivity contribution in [3.8, 4) is 0 Å². The fraction of sp³-hybridized carbons (Fsp3) is 0. The van der Waals surface area contributed by atoms with Crippen molar-refractivity contribution in [3.05, 3.63) is 0 Å². The van der Waals surface area contributed by atoms with Gasteiger partial charge < -0.3 is 87.3 Å². The molecule has 0 aliphatic heterocycles. The summed E-state index contributed by atoms with van der Waals surface area (Å²) >= 11 is 0. The van der Waals surface area contributed by atoms with Gasteiger partial charge >= 0.3 is 51.7 Å². The first kappa shape index (κ1) is 57.4. The molecule has 0 aromatic rings. The van der Waals surface area contributed by atoms with Crippen molar-refractivity contribution in [2.24, 2.45) is 0 Å². The zero-order valence-corrected chi connectivity index (χ0v) is 18.8. The molecule has 24 heavy (non-hydrogen) atoms. The van der Waals surface area contributed by atoms with Crippen LogP contribution < -0.4 is 63.4 Å². The van der Waals surface area contributed by atoms with Crippen molar-refractivity contribution in [2.75, 3.05) is 0 Å². The fourth-order valence-corrected chi connectivity index (χ4v) is 0. The largest absolute Gasteiger partial charge is 4.00 e. The Bertz CT molecular complexity index is 221. The van der Waals surface area contributed by atoms with Crippen LogP contribution in [0.2, 0.25) is 0 Å². The average Bonchev–Trinajstić information content (AvgIpc) is 1.94. The molecule has 0 saturated carbocycles. The Hall–Kier alpha value is -1.99. The zero-order chi connectivity index (χ0) is 17.9. The van der Waals surface area contributed by atoms with Gasteiger partial charge in [-0.05, 0) is 30.8 Å². The minimum absolute atomic E-state index is 0. The monoisotopic (exact) mass is 696 g/mol. The molecule has 0 heterocycles. The van der Waals surface area contributed by atoms with Gasteiger partial charge in [-0.25, -0.2) is 0 Å². The van der Waals surface area contributed by atoms with Crippen LogP contribution >= 0.6 is 0 Å². The maximum absolute atomic E-state index is 8.33. The minimum atomic E-state index is -2.33. The Kier molecular flexibility index (Phi) is 119. The third-order valence-corrected chi connectivity index (χ3v) is 0. The first-order valence-electron chi connectivity index (χ1n) is 3.06. The van der Waals surface area contributed by atoms with Crippen molar-refractivity contribution in [3.63, 3.8) is 0 Å². The second-order valence-electron chi connectivity index (χ2n) is 1.25. The van der Waals surface area contributed by atoms with Crippen LogP contribution in [0.4, 0.5) is 24.0 Å². The summed E-state index contributed by atoms with van der Waals surface area (Å²) < 4.78 is 0. The predicted octanol–water partition coefficient (Wildman–Crippen LogP) is -11.5. The van der Waals surface area contributed by atoms with Gasteiger partial charge in [-0.2, -0.15) is 0 Å². The Morgan fingerprint density at radius 2 is 0.333 bits per heavy atom. The molecule has 0 fully saturated rings. The van der Waals surface area contributed by atoms with E-state index in [0.717, 1.165) is 0 Å². The molecule has 0 aliphatic carbocycles. The number of carbonyl (C=O) groups excluding carboxylic acids is 5. The summed E-state index contributed by atoms with van der Waals surface area (Å²) in [6.07, 6.45) is -11.7. The van der Waals surface area contributed by atoms with Crippen LogP contribution in [0.25, 0.3) is 0 Å². The zero-order valence-electron chi connectivity index (χ0n) is 11.6. The molecule has 0 unspecified atom stereocenters. The second-order valence-corrected chi connectivity index (χ2v) is 1.25. The summed E-state index contributed by atoms with van der Waals surface area (Å²) in [5.74, 6) is 0. The summed E-state index contributed by atoms with van der Waals surface area (Å²) in [5.41, 5.74) is 0. The molecular weight excluding hydrogens is 685 g/mol. The van der Waals surface area contributed by atoms with Gasteiger partial charge in [0.15, 0.2) is 0 Å². The number of rotatable bonds is 0. The molecule has 0 spiro atoms. The van der Waals surface area contributed by atoms with Gasteiger partial charge in [-0.1, -0.05) is 0 Å². The van der Waals surface area contributed by atoms with Gasteiger partial charge in [0, 0.05) is 0 Å². The fourth-order valence-electron chi connectivity index (χ4n) is 0. The molecule has 0 amide bonds. The molecule has 0 atom stereocenters. The third-order valence-electron chi connectivity index (χ3n) is 0. The van der Waals surface area contributed by atoms with E-state index in [4.69, 9.17) is 75.0 Å². The van der Waals surface area contributed by atoms with E-state index in [1.54, 1.807) is 0 Å². The smallest absolute Gasteiger partial charge is 0.652 e. The molecule has 0 bridgehead atoms. The Balaban J connectivity index is -0.0000000161. The van der Waals surface area contributed by atoms with E-state index in [1.165, 1.54) is 0 Å². The van der Waals surface area contributed by atoms with Crippen LogP contribution in [0.15, 0.2) is 0 Å². The summed E-state index contributed by atoms with van der Waals surface area (Å²) in [5, 5.41) is 83.3. The molecule has 0 aromatic heterocycles. The summed E-state index contributed by atoms with van der Waals surface area (Å²) in [6, 6.07) is 0. The summed E-state index contributed by atoms with van der Waals surface area (Å²) in [4.78, 5) is 41.7. The first-order valence-corrected chi connectivity index (χ1v) is 3.06. The molecule has 0 radical (unpaired) electrons. The van der Waals surface area contributed by atoms with E-state index in [2.05, 4.69) is 0 Å². The van der Waals surface area contributed by atoms with Gasteiger partial charge in [0.25, 0.3) is 0 Å². The molecule has 0 rings (SSSR count). The Morgan fingerprint density at radius 3 is 0.333 bits per heavy atom. The quantitative estimate of drug-likeness (QED) is 0.222. The second kappa shape index (κ2) is 49.7. The van der Waals surface area contributed by atoms with Crippen LogP contribution in [0.5, 0.6) is 0 Å². The molecular formula is C5H8Hf2N2O15. The van der Waals surface area contributed by atoms with Gasteiger partial charge in [-0.15, -0.1) is 0 Å². The predicted molar refractivity (Wildman–Crippen MR) is 38.9 cm³/mol. The van der Waals surface area contributed by atoms with E-state index in [-0.39, 0.29) is 64.0 Å². The number of hydrogen-bond donors (Lipinski definition) is 2. The normalized spacial score (nSPS) is 5.00. The van der Waals surface area contributed by atoms with E-state index in [9.17, 15) is 0 Å². The molecule has 0 aliphatic rings. The third kappa shape index (κ3) is 1830. The van der Waals surface area contributed by atoms with E-state index in [1.807, 2.05) is 0 Å². The van der Waals surface area contributed by atoms with Crippen molar-refractivity contribution < 1.29 is 127 Å². The van der Waals surface area contributed by atoms with E-state index < -0.39 is 30.8 Å². The Labute approximate surface area is 169 Å². The van der Waals surface area contributed by atoms with Crippen molar-refractivity contribution in [2.45, 2.75) is 0 Å². The van der Waals surface area contributed by atoms with Crippen molar-refractivity contribution in [1.82, 2.24) is 12.3 Å². The summed E-state index contributed by atoms with van der Waals surface area (Å²) in [6.45, 7) is 0. The SMILES string of the molecule is O=C([O-])[O-].O=C([O-])[O-].O=C([O-])[O-].O=C([O-])[O-].O=C([O-])[O-].[Hf+4].[Hf+4].[NH4+].[NH4+]. The van der Waals surface area contributed by atoms with Crippen LogP contribution in [0.1, 0.15) is 0 Å². The van der Waals surface area contributed by atoms with Crippen LogP contribution in [-0.2, 0) is 51.7 Å².